The van der Waals surface area contributed by atoms with Crippen LogP contribution in [0.4, 0.5) is 17.6 Å². The summed E-state index contributed by atoms with van der Waals surface area (Å²) in [7, 11) is 1.17. The van der Waals surface area contributed by atoms with Crippen LogP contribution in [0.5, 0.6) is 5.75 Å². The van der Waals surface area contributed by atoms with Crippen molar-refractivity contribution < 1.29 is 46.1 Å². The quantitative estimate of drug-likeness (QED) is 0.0908. The van der Waals surface area contributed by atoms with Crippen molar-refractivity contribution in [2.45, 2.75) is 63.4 Å². The molecule has 1 atom stereocenters. The number of alkyl halides is 4. The van der Waals surface area contributed by atoms with Crippen LogP contribution in [0.1, 0.15) is 62.1 Å². The van der Waals surface area contributed by atoms with E-state index in [1.54, 1.807) is 13.8 Å². The highest BCUT2D eigenvalue weighted by molar-refractivity contribution is 5.99. The first-order valence-corrected chi connectivity index (χ1v) is 17.8. The van der Waals surface area contributed by atoms with Crippen molar-refractivity contribution >= 4 is 11.9 Å². The zero-order valence-electron chi connectivity index (χ0n) is 30.2. The van der Waals surface area contributed by atoms with Gasteiger partial charge in [0.25, 0.3) is 0 Å². The van der Waals surface area contributed by atoms with Gasteiger partial charge in [-0.3, -0.25) is 0 Å². The number of esters is 2. The topological polar surface area (TPSA) is 86.3 Å². The van der Waals surface area contributed by atoms with Gasteiger partial charge < -0.3 is 29.2 Å². The molecule has 2 heterocycles. The summed E-state index contributed by atoms with van der Waals surface area (Å²) in [6.07, 6.45) is -5.47. The Morgan fingerprint density at radius 3 is 2.00 bits per heavy atom. The van der Waals surface area contributed by atoms with E-state index in [2.05, 4.69) is 75.6 Å². The van der Waals surface area contributed by atoms with Gasteiger partial charge in [-0.2, -0.15) is 17.6 Å². The van der Waals surface area contributed by atoms with Crippen LogP contribution in [0.15, 0.2) is 107 Å². The molecule has 1 unspecified atom stereocenters. The first kappa shape index (κ1) is 39.5. The van der Waals surface area contributed by atoms with E-state index in [0.29, 0.717) is 31.0 Å². The maximum Gasteiger partial charge on any atom is 0.461 e. The van der Waals surface area contributed by atoms with Crippen LogP contribution in [0, 0.1) is 0 Å². The average Bonchev–Trinajstić information content (AvgIpc) is 3.16. The summed E-state index contributed by atoms with van der Waals surface area (Å²) >= 11 is 0. The Kier molecular flexibility index (Phi) is 13.3. The SMILES string of the molecule is COC(=O)C1=C(C)NC(C)=C(C(=O)OCCCOCCCN2CCC(c3ccccc3)(c3ccccc3)CC2)C1c1cccc(OC(F)(F)C(F)F)c1. The number of halogens is 4. The number of ether oxygens (including phenoxy) is 4. The maximum atomic E-state index is 13.7. The minimum Gasteiger partial charge on any atom is -0.466 e. The highest BCUT2D eigenvalue weighted by Gasteiger charge is 2.44. The highest BCUT2D eigenvalue weighted by Crippen LogP contribution is 2.42. The largest absolute Gasteiger partial charge is 0.466 e. The van der Waals surface area contributed by atoms with Gasteiger partial charge in [-0.15, -0.1) is 0 Å². The average molecular weight is 739 g/mol. The molecule has 284 valence electrons. The number of benzene rings is 3. The number of hydrogen-bond donors (Lipinski definition) is 1. The van der Waals surface area contributed by atoms with Crippen LogP contribution < -0.4 is 10.1 Å². The number of nitrogens with zero attached hydrogens (tertiary/aromatic N) is 1. The molecule has 53 heavy (non-hydrogen) atoms. The first-order valence-electron chi connectivity index (χ1n) is 17.8. The van der Waals surface area contributed by atoms with Crippen molar-refractivity contribution in [2.24, 2.45) is 0 Å². The van der Waals surface area contributed by atoms with Gasteiger partial charge in [-0.05, 0) is 75.0 Å². The number of rotatable bonds is 16. The van der Waals surface area contributed by atoms with Crippen molar-refractivity contribution in [2.75, 3.05) is 46.6 Å². The third kappa shape index (κ3) is 9.47. The van der Waals surface area contributed by atoms with Gasteiger partial charge >= 0.3 is 24.5 Å². The molecule has 0 spiro atoms. The second kappa shape index (κ2) is 17.9. The second-order valence-electron chi connectivity index (χ2n) is 13.3. The second-order valence-corrected chi connectivity index (χ2v) is 13.3. The molecular formula is C41H46F4N2O6. The lowest BCUT2D eigenvalue weighted by Crippen LogP contribution is -2.43. The summed E-state index contributed by atoms with van der Waals surface area (Å²) in [5.41, 5.74) is 3.68. The standard InChI is InChI=1S/C41H46F4N2O6/c1-28-34(37(48)50-3)36(30-13-10-18-33(27-30)53-41(44,45)39(42)43)35(29(2)46-28)38(49)52-26-12-25-51-24-11-21-47-22-19-40(20-23-47,31-14-6-4-7-15-31)32-16-8-5-9-17-32/h4-10,13-18,27,36,39,46H,11-12,19-26H2,1-3H3. The molecule has 3 aromatic rings. The third-order valence-corrected chi connectivity index (χ3v) is 9.88. The number of methoxy groups -OCH3 is 1. The molecule has 8 nitrogen and oxygen atoms in total. The molecule has 0 bridgehead atoms. The lowest BCUT2D eigenvalue weighted by Gasteiger charge is -2.43. The van der Waals surface area contributed by atoms with E-state index in [4.69, 9.17) is 14.2 Å². The number of hydrogen-bond acceptors (Lipinski definition) is 8. The fourth-order valence-corrected chi connectivity index (χ4v) is 7.25. The molecular weight excluding hydrogens is 692 g/mol. The molecule has 2 aliphatic heterocycles. The van der Waals surface area contributed by atoms with Crippen molar-refractivity contribution in [3.63, 3.8) is 0 Å². The van der Waals surface area contributed by atoms with E-state index in [-0.39, 0.29) is 28.7 Å². The van der Waals surface area contributed by atoms with Gasteiger partial charge in [-0.1, -0.05) is 72.8 Å². The Morgan fingerprint density at radius 2 is 1.42 bits per heavy atom. The van der Waals surface area contributed by atoms with Crippen molar-refractivity contribution in [1.82, 2.24) is 10.2 Å². The van der Waals surface area contributed by atoms with Gasteiger partial charge in [0.2, 0.25) is 0 Å². The molecule has 3 aromatic carbocycles. The van der Waals surface area contributed by atoms with Gasteiger partial charge in [0.15, 0.2) is 0 Å². The van der Waals surface area contributed by atoms with E-state index in [0.717, 1.165) is 51.0 Å². The summed E-state index contributed by atoms with van der Waals surface area (Å²) < 4.78 is 73.8. The number of carbonyl (C=O) groups is 2. The monoisotopic (exact) mass is 738 g/mol. The first-order chi connectivity index (χ1) is 25.5. The Balaban J connectivity index is 1.11. The number of likely N-dealkylation sites (tertiary alicyclic amines) is 1. The Bertz CT molecular complexity index is 1720. The molecule has 1 fully saturated rings. The smallest absolute Gasteiger partial charge is 0.461 e. The maximum absolute atomic E-state index is 13.7. The number of piperidine rings is 1. The zero-order valence-corrected chi connectivity index (χ0v) is 30.2. The molecule has 0 amide bonds. The fraction of sp³-hybridized carbons (Fsp3) is 0.415. The van der Waals surface area contributed by atoms with Crippen LogP contribution in [-0.4, -0.2) is 75.9 Å². The zero-order chi connectivity index (χ0) is 38.0. The molecule has 0 aromatic heterocycles. The van der Waals surface area contributed by atoms with Gasteiger partial charge in [0.1, 0.15) is 5.75 Å². The van der Waals surface area contributed by atoms with E-state index in [1.807, 2.05) is 0 Å². The number of allylic oxidation sites excluding steroid dienone is 2. The van der Waals surface area contributed by atoms with Crippen LogP contribution in [0.3, 0.4) is 0 Å². The van der Waals surface area contributed by atoms with Crippen molar-refractivity contribution in [3.8, 4) is 5.75 Å². The van der Waals surface area contributed by atoms with Crippen molar-refractivity contribution in [1.29, 1.82) is 0 Å². The summed E-state index contributed by atoms with van der Waals surface area (Å²) in [5.74, 6) is -3.20. The fourth-order valence-electron chi connectivity index (χ4n) is 7.25. The predicted molar refractivity (Wildman–Crippen MR) is 192 cm³/mol. The molecule has 0 saturated carbocycles. The van der Waals surface area contributed by atoms with Crippen LogP contribution >= 0.6 is 0 Å². The van der Waals surface area contributed by atoms with E-state index < -0.39 is 36.1 Å². The summed E-state index contributed by atoms with van der Waals surface area (Å²) in [4.78, 5) is 28.9. The highest BCUT2D eigenvalue weighted by atomic mass is 19.3. The normalized spacial score (nSPS) is 17.8. The predicted octanol–water partition coefficient (Wildman–Crippen LogP) is 7.75. The van der Waals surface area contributed by atoms with E-state index >= 15 is 0 Å². The van der Waals surface area contributed by atoms with Gasteiger partial charge in [0.05, 0.1) is 30.8 Å². The minimum atomic E-state index is -4.75. The number of carbonyl (C=O) groups excluding carboxylic acids is 2. The number of dihydropyridines is 1. The lowest BCUT2D eigenvalue weighted by atomic mass is 9.68. The third-order valence-electron chi connectivity index (χ3n) is 9.88. The van der Waals surface area contributed by atoms with Crippen LogP contribution in [0.2, 0.25) is 0 Å². The Labute approximate surface area is 307 Å². The van der Waals surface area contributed by atoms with E-state index in [9.17, 15) is 27.2 Å². The summed E-state index contributed by atoms with van der Waals surface area (Å²) in [6, 6.07) is 26.4. The molecule has 12 heteroatoms. The molecule has 5 rings (SSSR count). The number of nitrogens with one attached hydrogen (secondary N) is 1. The van der Waals surface area contributed by atoms with E-state index in [1.165, 1.54) is 30.4 Å². The van der Waals surface area contributed by atoms with Gasteiger partial charge in [0, 0.05) is 43.0 Å². The Hall–Kier alpha value is -4.68. The molecule has 0 radical (unpaired) electrons. The molecule has 1 saturated heterocycles. The molecule has 1 N–H and O–H groups in total. The summed E-state index contributed by atoms with van der Waals surface area (Å²) in [6.45, 7) is 7.03. The molecule has 0 aliphatic carbocycles. The van der Waals surface area contributed by atoms with Crippen LogP contribution in [0.25, 0.3) is 0 Å². The van der Waals surface area contributed by atoms with Gasteiger partial charge in [-0.25, -0.2) is 9.59 Å². The van der Waals surface area contributed by atoms with Crippen LogP contribution in [-0.2, 0) is 29.2 Å². The molecule has 2 aliphatic rings. The minimum absolute atomic E-state index is 0.00206. The summed E-state index contributed by atoms with van der Waals surface area (Å²) in [5, 5.41) is 2.99. The van der Waals surface area contributed by atoms with Crippen molar-refractivity contribution in [3.05, 3.63) is 124 Å². The lowest BCUT2D eigenvalue weighted by molar-refractivity contribution is -0.253. The Morgan fingerprint density at radius 1 is 0.830 bits per heavy atom.